The van der Waals surface area contributed by atoms with Crippen LogP contribution in [0.5, 0.6) is 17.2 Å². The molecule has 1 aliphatic rings. The van der Waals surface area contributed by atoms with Crippen molar-refractivity contribution in [2.24, 2.45) is 0 Å². The summed E-state index contributed by atoms with van der Waals surface area (Å²) in [5.74, 6) is 0.586. The Labute approximate surface area is 171 Å². The van der Waals surface area contributed by atoms with Gasteiger partial charge in [-0.2, -0.15) is 0 Å². The second-order valence-electron chi connectivity index (χ2n) is 6.54. The summed E-state index contributed by atoms with van der Waals surface area (Å²) < 4.78 is 12.3. The van der Waals surface area contributed by atoms with Gasteiger partial charge >= 0.3 is 12.0 Å². The van der Waals surface area contributed by atoms with E-state index < -0.39 is 5.97 Å². The molecule has 2 amide bonds. The number of methoxy groups -OCH3 is 1. The fourth-order valence-corrected chi connectivity index (χ4v) is 3.44. The molecular weight excluding hydrogens is 428 g/mol. The lowest BCUT2D eigenvalue weighted by atomic mass is 10.1. The van der Waals surface area contributed by atoms with E-state index in [0.29, 0.717) is 42.4 Å². The minimum Gasteiger partial charge on any atom is -0.493 e. The van der Waals surface area contributed by atoms with E-state index in [0.717, 1.165) is 10.0 Å². The normalized spacial score (nSPS) is 13.8. The summed E-state index contributed by atoms with van der Waals surface area (Å²) in [7, 11) is 3.31. The summed E-state index contributed by atoms with van der Waals surface area (Å²) in [6.07, 6.45) is -0.109. The predicted molar refractivity (Wildman–Crippen MR) is 107 cm³/mol. The van der Waals surface area contributed by atoms with Gasteiger partial charge in [-0.25, -0.2) is 4.79 Å². The molecule has 1 aliphatic heterocycles. The minimum atomic E-state index is -0.919. The van der Waals surface area contributed by atoms with Crippen LogP contribution in [0.4, 0.5) is 4.79 Å². The lowest BCUT2D eigenvalue weighted by molar-refractivity contribution is -0.136. The van der Waals surface area contributed by atoms with Crippen LogP contribution in [-0.2, 0) is 17.8 Å². The summed E-state index contributed by atoms with van der Waals surface area (Å²) in [6, 6.07) is 10.6. The second-order valence-corrected chi connectivity index (χ2v) is 7.45. The molecular formula is C20H21BrN2O5. The summed E-state index contributed by atoms with van der Waals surface area (Å²) in [6.45, 7) is 1.75. The third-order valence-corrected chi connectivity index (χ3v) is 4.98. The number of carbonyl (C=O) groups excluding carboxylic acids is 1. The Morgan fingerprint density at radius 1 is 1.14 bits per heavy atom. The fraction of sp³-hybridized carbons (Fsp3) is 0.300. The van der Waals surface area contributed by atoms with Crippen molar-refractivity contribution in [3.8, 4) is 17.2 Å². The van der Waals surface area contributed by atoms with Crippen molar-refractivity contribution in [3.63, 3.8) is 0 Å². The molecule has 0 spiro atoms. The number of amides is 2. The zero-order chi connectivity index (χ0) is 20.3. The predicted octanol–water partition coefficient (Wildman–Crippen LogP) is 3.74. The number of likely N-dealkylation sites (N-methyl/N-ethyl adjacent to an activating group) is 1. The molecule has 0 atom stereocenters. The number of carboxylic acid groups (broad SMARTS) is 1. The van der Waals surface area contributed by atoms with E-state index in [-0.39, 0.29) is 12.5 Å². The van der Waals surface area contributed by atoms with Gasteiger partial charge in [0.25, 0.3) is 0 Å². The number of carbonyl (C=O) groups is 2. The molecule has 0 radical (unpaired) electrons. The summed E-state index contributed by atoms with van der Waals surface area (Å²) in [5.41, 5.74) is 1.45. The molecule has 7 nitrogen and oxygen atoms in total. The standard InChI is InChI=1S/C20H21BrN2O5/c1-22-7-8-23(20(22)26)12-14-11-15(21)4-6-16(14)28-18-9-13(10-19(24)25)3-5-17(18)27-2/h3-6,9,11H,7-8,10,12H2,1-2H3,(H,24,25). The van der Waals surface area contributed by atoms with Crippen LogP contribution < -0.4 is 9.47 Å². The molecule has 3 rings (SSSR count). The molecule has 0 aromatic heterocycles. The van der Waals surface area contributed by atoms with Crippen molar-refractivity contribution in [1.82, 2.24) is 9.80 Å². The molecule has 2 aromatic rings. The Balaban J connectivity index is 1.90. The van der Waals surface area contributed by atoms with Crippen molar-refractivity contribution >= 4 is 27.9 Å². The van der Waals surface area contributed by atoms with Crippen molar-refractivity contribution in [1.29, 1.82) is 0 Å². The maximum absolute atomic E-state index is 12.2. The lowest BCUT2D eigenvalue weighted by Crippen LogP contribution is -2.29. The first-order valence-electron chi connectivity index (χ1n) is 8.72. The zero-order valence-corrected chi connectivity index (χ0v) is 17.2. The SMILES string of the molecule is COc1ccc(CC(=O)O)cc1Oc1ccc(Br)cc1CN1CCN(C)C1=O. The van der Waals surface area contributed by atoms with E-state index in [1.54, 1.807) is 35.0 Å². The van der Waals surface area contributed by atoms with Gasteiger partial charge in [0.2, 0.25) is 0 Å². The maximum Gasteiger partial charge on any atom is 0.320 e. The highest BCUT2D eigenvalue weighted by atomic mass is 79.9. The molecule has 1 fully saturated rings. The highest BCUT2D eigenvalue weighted by Gasteiger charge is 2.26. The fourth-order valence-electron chi connectivity index (χ4n) is 3.03. The van der Waals surface area contributed by atoms with E-state index >= 15 is 0 Å². The second kappa shape index (κ2) is 8.52. The summed E-state index contributed by atoms with van der Waals surface area (Å²) in [5, 5.41) is 9.04. The highest BCUT2D eigenvalue weighted by Crippen LogP contribution is 2.35. The summed E-state index contributed by atoms with van der Waals surface area (Å²) >= 11 is 3.47. The number of carboxylic acids is 1. The number of hydrogen-bond donors (Lipinski definition) is 1. The molecule has 0 bridgehead atoms. The Morgan fingerprint density at radius 3 is 2.54 bits per heavy atom. The number of ether oxygens (including phenoxy) is 2. The third kappa shape index (κ3) is 4.56. The van der Waals surface area contributed by atoms with Crippen LogP contribution >= 0.6 is 15.9 Å². The van der Waals surface area contributed by atoms with Gasteiger partial charge in [-0.1, -0.05) is 22.0 Å². The highest BCUT2D eigenvalue weighted by molar-refractivity contribution is 9.10. The molecule has 8 heteroatoms. The van der Waals surface area contributed by atoms with Gasteiger partial charge in [-0.15, -0.1) is 0 Å². The smallest absolute Gasteiger partial charge is 0.320 e. The largest absolute Gasteiger partial charge is 0.493 e. The Hall–Kier alpha value is -2.74. The Morgan fingerprint density at radius 2 is 1.89 bits per heavy atom. The van der Waals surface area contributed by atoms with Gasteiger partial charge in [0, 0.05) is 30.2 Å². The topological polar surface area (TPSA) is 79.3 Å². The number of hydrogen-bond acceptors (Lipinski definition) is 4. The van der Waals surface area contributed by atoms with Gasteiger partial charge < -0.3 is 24.4 Å². The zero-order valence-electron chi connectivity index (χ0n) is 15.6. The van der Waals surface area contributed by atoms with Crippen LogP contribution in [0.3, 0.4) is 0 Å². The molecule has 0 aliphatic carbocycles. The van der Waals surface area contributed by atoms with E-state index in [1.807, 2.05) is 18.2 Å². The van der Waals surface area contributed by atoms with E-state index in [4.69, 9.17) is 14.6 Å². The number of nitrogens with zero attached hydrogens (tertiary/aromatic N) is 2. The third-order valence-electron chi connectivity index (χ3n) is 4.49. The molecule has 1 saturated heterocycles. The van der Waals surface area contributed by atoms with Crippen LogP contribution in [0.2, 0.25) is 0 Å². The van der Waals surface area contributed by atoms with E-state index in [1.165, 1.54) is 7.11 Å². The van der Waals surface area contributed by atoms with Crippen LogP contribution in [0, 0.1) is 0 Å². The minimum absolute atomic E-state index is 0.0213. The molecule has 28 heavy (non-hydrogen) atoms. The molecule has 1 heterocycles. The van der Waals surface area contributed by atoms with Crippen LogP contribution in [0.15, 0.2) is 40.9 Å². The number of urea groups is 1. The number of halogens is 1. The number of rotatable bonds is 7. The van der Waals surface area contributed by atoms with Crippen LogP contribution in [-0.4, -0.2) is 54.2 Å². The molecule has 1 N–H and O–H groups in total. The van der Waals surface area contributed by atoms with Crippen LogP contribution in [0.25, 0.3) is 0 Å². The van der Waals surface area contributed by atoms with Crippen molar-refractivity contribution in [3.05, 3.63) is 52.0 Å². The lowest BCUT2D eigenvalue weighted by Gasteiger charge is -2.19. The van der Waals surface area contributed by atoms with Crippen molar-refractivity contribution in [2.75, 3.05) is 27.2 Å². The summed E-state index contributed by atoms with van der Waals surface area (Å²) in [4.78, 5) is 26.7. The first-order valence-corrected chi connectivity index (χ1v) is 9.51. The van der Waals surface area contributed by atoms with Gasteiger partial charge in [0.05, 0.1) is 20.1 Å². The first-order chi connectivity index (χ1) is 13.4. The molecule has 2 aromatic carbocycles. The molecule has 0 unspecified atom stereocenters. The van der Waals surface area contributed by atoms with Crippen molar-refractivity contribution in [2.45, 2.75) is 13.0 Å². The van der Waals surface area contributed by atoms with E-state index in [9.17, 15) is 9.59 Å². The van der Waals surface area contributed by atoms with Gasteiger partial charge in [0.1, 0.15) is 5.75 Å². The number of benzene rings is 2. The first kappa shape index (κ1) is 20.0. The number of aliphatic carboxylic acids is 1. The quantitative estimate of drug-likeness (QED) is 0.697. The van der Waals surface area contributed by atoms with Crippen molar-refractivity contribution < 1.29 is 24.2 Å². The average molecular weight is 449 g/mol. The van der Waals surface area contributed by atoms with E-state index in [2.05, 4.69) is 15.9 Å². The molecule has 0 saturated carbocycles. The average Bonchev–Trinajstić information content (AvgIpc) is 2.96. The van der Waals surface area contributed by atoms with Crippen LogP contribution in [0.1, 0.15) is 11.1 Å². The maximum atomic E-state index is 12.2. The Bertz CT molecular complexity index is 902. The molecule has 148 valence electrons. The Kier molecular flexibility index (Phi) is 6.08. The van der Waals surface area contributed by atoms with Gasteiger partial charge in [-0.3, -0.25) is 4.79 Å². The van der Waals surface area contributed by atoms with Gasteiger partial charge in [-0.05, 0) is 35.9 Å². The monoisotopic (exact) mass is 448 g/mol. The van der Waals surface area contributed by atoms with Gasteiger partial charge in [0.15, 0.2) is 11.5 Å².